The first-order valence-corrected chi connectivity index (χ1v) is 6.60. The van der Waals surface area contributed by atoms with E-state index >= 15 is 0 Å². The normalized spacial score (nSPS) is 11.7. The molecule has 0 unspecified atom stereocenters. The van der Waals surface area contributed by atoms with Gasteiger partial charge in [0.15, 0.2) is 23.6 Å². The lowest BCUT2D eigenvalue weighted by molar-refractivity contribution is -0.123. The number of anilines is 1. The van der Waals surface area contributed by atoms with Gasteiger partial charge < -0.3 is 10.1 Å². The number of carbonyl (C=O) groups excluding carboxylic acids is 2. The van der Waals surface area contributed by atoms with Crippen molar-refractivity contribution in [1.29, 1.82) is 0 Å². The van der Waals surface area contributed by atoms with Crippen molar-refractivity contribution in [1.82, 2.24) is 0 Å². The van der Waals surface area contributed by atoms with Crippen molar-refractivity contribution in [2.45, 2.75) is 13.0 Å². The third kappa shape index (κ3) is 3.88. The maximum atomic E-state index is 13.5. The molecule has 1 atom stereocenters. The summed E-state index contributed by atoms with van der Waals surface area (Å²) in [4.78, 5) is 23.6. The number of hydrogen-bond acceptors (Lipinski definition) is 3. The molecule has 0 fully saturated rings. The van der Waals surface area contributed by atoms with Gasteiger partial charge in [0.2, 0.25) is 0 Å². The summed E-state index contributed by atoms with van der Waals surface area (Å²) in [5.74, 6) is -6.21. The number of rotatable bonds is 4. The molecule has 4 nitrogen and oxygen atoms in total. The second-order valence-corrected chi connectivity index (χ2v) is 4.63. The third-order valence-electron chi connectivity index (χ3n) is 2.96. The first-order valence-electron chi connectivity index (χ1n) is 6.60. The van der Waals surface area contributed by atoms with Crippen LogP contribution in [0.2, 0.25) is 0 Å². The molecule has 0 saturated heterocycles. The number of nitrogens with one attached hydrogen (secondary N) is 1. The lowest BCUT2D eigenvalue weighted by atomic mass is 10.2. The summed E-state index contributed by atoms with van der Waals surface area (Å²) in [7, 11) is 0. The Kier molecular flexibility index (Phi) is 5.00. The second kappa shape index (κ2) is 6.95. The zero-order valence-corrected chi connectivity index (χ0v) is 12.0. The van der Waals surface area contributed by atoms with Gasteiger partial charge in [0.25, 0.3) is 5.91 Å². The molecule has 2 aromatic carbocycles. The summed E-state index contributed by atoms with van der Waals surface area (Å²) >= 11 is 0. The number of carbonyl (C=O) groups is 2. The SMILES string of the molecule is C[C@@H](OC(=O)c1ccccc1)C(=O)Nc1ccc(F)c(F)c1F. The van der Waals surface area contributed by atoms with Crippen LogP contribution in [0.3, 0.4) is 0 Å². The number of hydrogen-bond donors (Lipinski definition) is 1. The molecule has 0 aliphatic rings. The van der Waals surface area contributed by atoms with Gasteiger partial charge in [0.05, 0.1) is 11.3 Å². The van der Waals surface area contributed by atoms with E-state index in [4.69, 9.17) is 4.74 Å². The largest absolute Gasteiger partial charge is 0.449 e. The van der Waals surface area contributed by atoms with E-state index < -0.39 is 41.1 Å². The van der Waals surface area contributed by atoms with Gasteiger partial charge in [-0.1, -0.05) is 18.2 Å². The summed E-state index contributed by atoms with van der Waals surface area (Å²) in [6.07, 6.45) is -1.25. The fourth-order valence-electron chi connectivity index (χ4n) is 1.71. The molecule has 0 saturated carbocycles. The zero-order chi connectivity index (χ0) is 17.0. The van der Waals surface area contributed by atoms with E-state index in [0.29, 0.717) is 6.07 Å². The first-order chi connectivity index (χ1) is 10.9. The van der Waals surface area contributed by atoms with Gasteiger partial charge in [-0.05, 0) is 31.2 Å². The molecule has 120 valence electrons. The summed E-state index contributed by atoms with van der Waals surface area (Å²) in [6, 6.07) is 9.50. The van der Waals surface area contributed by atoms with Gasteiger partial charge >= 0.3 is 5.97 Å². The minimum atomic E-state index is -1.70. The predicted octanol–water partition coefficient (Wildman–Crippen LogP) is 3.29. The Morgan fingerprint density at radius 1 is 1.00 bits per heavy atom. The van der Waals surface area contributed by atoms with E-state index in [1.54, 1.807) is 18.2 Å². The van der Waals surface area contributed by atoms with Crippen LogP contribution in [-0.2, 0) is 9.53 Å². The number of esters is 1. The highest BCUT2D eigenvalue weighted by Crippen LogP contribution is 2.20. The minimum absolute atomic E-state index is 0.242. The average Bonchev–Trinajstić information content (AvgIpc) is 2.56. The molecule has 0 aliphatic heterocycles. The smallest absolute Gasteiger partial charge is 0.338 e. The highest BCUT2D eigenvalue weighted by Gasteiger charge is 2.21. The van der Waals surface area contributed by atoms with Crippen LogP contribution in [0.1, 0.15) is 17.3 Å². The average molecular weight is 323 g/mol. The van der Waals surface area contributed by atoms with Crippen molar-refractivity contribution in [3.8, 4) is 0 Å². The number of amides is 1. The molecule has 1 amide bonds. The summed E-state index contributed by atoms with van der Waals surface area (Å²) in [5, 5.41) is 2.04. The highest BCUT2D eigenvalue weighted by molar-refractivity contribution is 5.97. The molecular formula is C16H12F3NO3. The highest BCUT2D eigenvalue weighted by atomic mass is 19.2. The molecular weight excluding hydrogens is 311 g/mol. The van der Waals surface area contributed by atoms with Crippen LogP contribution >= 0.6 is 0 Å². The molecule has 0 aromatic heterocycles. The Morgan fingerprint density at radius 2 is 1.65 bits per heavy atom. The fourth-order valence-corrected chi connectivity index (χ4v) is 1.71. The Morgan fingerprint density at radius 3 is 2.30 bits per heavy atom. The van der Waals surface area contributed by atoms with Crippen LogP contribution in [0, 0.1) is 17.5 Å². The fraction of sp³-hybridized carbons (Fsp3) is 0.125. The van der Waals surface area contributed by atoms with Crippen molar-refractivity contribution in [2.75, 3.05) is 5.32 Å². The van der Waals surface area contributed by atoms with Crippen molar-refractivity contribution >= 4 is 17.6 Å². The van der Waals surface area contributed by atoms with Gasteiger partial charge in [-0.25, -0.2) is 18.0 Å². The van der Waals surface area contributed by atoms with E-state index in [-0.39, 0.29) is 5.56 Å². The topological polar surface area (TPSA) is 55.4 Å². The van der Waals surface area contributed by atoms with E-state index in [9.17, 15) is 22.8 Å². The Hall–Kier alpha value is -2.83. The molecule has 0 spiro atoms. The van der Waals surface area contributed by atoms with Crippen molar-refractivity contribution in [3.63, 3.8) is 0 Å². The quantitative estimate of drug-likeness (QED) is 0.694. The van der Waals surface area contributed by atoms with E-state index in [1.165, 1.54) is 19.1 Å². The Labute approximate surface area is 129 Å². The Balaban J connectivity index is 2.03. The second-order valence-electron chi connectivity index (χ2n) is 4.63. The molecule has 7 heteroatoms. The minimum Gasteiger partial charge on any atom is -0.449 e. The van der Waals surface area contributed by atoms with Crippen molar-refractivity contribution < 1.29 is 27.5 Å². The van der Waals surface area contributed by atoms with Gasteiger partial charge in [-0.3, -0.25) is 4.79 Å². The number of halogens is 3. The summed E-state index contributed by atoms with van der Waals surface area (Å²) in [5.41, 5.74) is -0.303. The van der Waals surface area contributed by atoms with Crippen LogP contribution < -0.4 is 5.32 Å². The van der Waals surface area contributed by atoms with Crippen LogP contribution in [0.4, 0.5) is 18.9 Å². The van der Waals surface area contributed by atoms with E-state index in [0.717, 1.165) is 6.07 Å². The molecule has 2 rings (SSSR count). The number of ether oxygens (including phenoxy) is 1. The summed E-state index contributed by atoms with van der Waals surface area (Å²) in [6.45, 7) is 1.27. The molecule has 23 heavy (non-hydrogen) atoms. The molecule has 0 radical (unpaired) electrons. The standard InChI is InChI=1S/C16H12F3NO3/c1-9(23-16(22)10-5-3-2-4-6-10)15(21)20-12-8-7-11(17)13(18)14(12)19/h2-9H,1H3,(H,20,21)/t9-/m1/s1. The maximum Gasteiger partial charge on any atom is 0.338 e. The van der Waals surface area contributed by atoms with E-state index in [1.807, 2.05) is 5.32 Å². The lowest BCUT2D eigenvalue weighted by Gasteiger charge is -2.14. The van der Waals surface area contributed by atoms with Gasteiger partial charge in [0, 0.05) is 0 Å². The van der Waals surface area contributed by atoms with Gasteiger partial charge in [0.1, 0.15) is 0 Å². The first kappa shape index (κ1) is 16.5. The zero-order valence-electron chi connectivity index (χ0n) is 12.0. The molecule has 2 aromatic rings. The van der Waals surface area contributed by atoms with E-state index in [2.05, 4.69) is 0 Å². The molecule has 1 N–H and O–H groups in total. The van der Waals surface area contributed by atoms with Crippen LogP contribution in [0.15, 0.2) is 42.5 Å². The predicted molar refractivity (Wildman–Crippen MR) is 76.3 cm³/mol. The van der Waals surface area contributed by atoms with Crippen molar-refractivity contribution in [3.05, 3.63) is 65.5 Å². The monoisotopic (exact) mass is 323 g/mol. The van der Waals surface area contributed by atoms with Crippen LogP contribution in [-0.4, -0.2) is 18.0 Å². The van der Waals surface area contributed by atoms with Gasteiger partial charge in [-0.15, -0.1) is 0 Å². The molecule has 0 heterocycles. The van der Waals surface area contributed by atoms with Crippen LogP contribution in [0.25, 0.3) is 0 Å². The van der Waals surface area contributed by atoms with Gasteiger partial charge in [-0.2, -0.15) is 0 Å². The van der Waals surface area contributed by atoms with Crippen LogP contribution in [0.5, 0.6) is 0 Å². The number of benzene rings is 2. The molecule has 0 bridgehead atoms. The Bertz CT molecular complexity index is 735. The molecule has 0 aliphatic carbocycles. The summed E-state index contributed by atoms with van der Waals surface area (Å²) < 4.78 is 44.3. The maximum absolute atomic E-state index is 13.5. The third-order valence-corrected chi connectivity index (χ3v) is 2.96. The van der Waals surface area contributed by atoms with Crippen molar-refractivity contribution in [2.24, 2.45) is 0 Å². The lowest BCUT2D eigenvalue weighted by Crippen LogP contribution is -2.30.